The summed E-state index contributed by atoms with van der Waals surface area (Å²) in [5, 5.41) is 8.79. The number of imidazole rings is 1. The van der Waals surface area contributed by atoms with Gasteiger partial charge in [-0.1, -0.05) is 0 Å². The molecule has 0 spiro atoms. The quantitative estimate of drug-likeness (QED) is 0.749. The summed E-state index contributed by atoms with van der Waals surface area (Å²) in [7, 11) is 0. The van der Waals surface area contributed by atoms with E-state index in [1.807, 2.05) is 0 Å². The zero-order valence-electron chi connectivity index (χ0n) is 8.19. The topological polar surface area (TPSA) is 84.4 Å². The lowest BCUT2D eigenvalue weighted by atomic mass is 10.2. The van der Waals surface area contributed by atoms with Gasteiger partial charge in [0.25, 0.3) is 0 Å². The molecule has 1 aromatic carbocycles. The molecule has 0 unspecified atom stereocenters. The third-order valence-electron chi connectivity index (χ3n) is 2.35. The normalized spacial score (nSPS) is 14.0. The smallest absolute Gasteiger partial charge is 0.371 e. The van der Waals surface area contributed by atoms with Gasteiger partial charge in [-0.05, 0) is 0 Å². The summed E-state index contributed by atoms with van der Waals surface area (Å²) < 4.78 is 10.8. The van der Waals surface area contributed by atoms with Crippen molar-refractivity contribution in [2.45, 2.75) is 0 Å². The Bertz CT molecular complexity index is 532. The van der Waals surface area contributed by atoms with Gasteiger partial charge in [-0.15, -0.1) is 0 Å². The van der Waals surface area contributed by atoms with Crippen LogP contribution in [0.1, 0.15) is 10.6 Å². The molecule has 0 atom stereocenters. The van der Waals surface area contributed by atoms with Crippen molar-refractivity contribution in [2.75, 3.05) is 13.2 Å². The van der Waals surface area contributed by atoms with Crippen LogP contribution in [0.2, 0.25) is 0 Å². The van der Waals surface area contributed by atoms with Crippen molar-refractivity contribution in [3.63, 3.8) is 0 Å². The Morgan fingerprint density at radius 2 is 2.00 bits per heavy atom. The summed E-state index contributed by atoms with van der Waals surface area (Å²) in [6.45, 7) is 0.993. The summed E-state index contributed by atoms with van der Waals surface area (Å²) in [5.74, 6) is 0.0369. The molecule has 0 amide bonds. The number of ether oxygens (including phenoxy) is 2. The number of nitrogens with one attached hydrogen (secondary N) is 1. The summed E-state index contributed by atoms with van der Waals surface area (Å²) >= 11 is 0. The molecule has 3 rings (SSSR count). The van der Waals surface area contributed by atoms with Gasteiger partial charge in [0.05, 0.1) is 11.0 Å². The fourth-order valence-electron chi connectivity index (χ4n) is 1.65. The predicted octanol–water partition coefficient (Wildman–Crippen LogP) is 1.03. The number of aromatic amines is 1. The van der Waals surface area contributed by atoms with Gasteiger partial charge < -0.3 is 19.6 Å². The van der Waals surface area contributed by atoms with E-state index >= 15 is 0 Å². The molecule has 6 nitrogen and oxygen atoms in total. The highest BCUT2D eigenvalue weighted by Gasteiger charge is 2.16. The van der Waals surface area contributed by atoms with Gasteiger partial charge in [0.1, 0.15) is 13.2 Å². The fourth-order valence-corrected chi connectivity index (χ4v) is 1.65. The van der Waals surface area contributed by atoms with E-state index in [9.17, 15) is 4.79 Å². The first-order valence-corrected chi connectivity index (χ1v) is 4.77. The van der Waals surface area contributed by atoms with Crippen LogP contribution in [-0.4, -0.2) is 34.3 Å². The number of carbonyl (C=O) groups is 1. The molecule has 0 aliphatic carbocycles. The molecule has 1 aromatic heterocycles. The fraction of sp³-hybridized carbons (Fsp3) is 0.200. The van der Waals surface area contributed by atoms with E-state index in [0.29, 0.717) is 35.7 Å². The van der Waals surface area contributed by atoms with E-state index in [-0.39, 0.29) is 5.82 Å². The van der Waals surface area contributed by atoms with Crippen LogP contribution in [0.4, 0.5) is 0 Å². The number of hydrogen-bond donors (Lipinski definition) is 2. The van der Waals surface area contributed by atoms with Gasteiger partial charge in [-0.3, -0.25) is 0 Å². The average Bonchev–Trinajstić information content (AvgIpc) is 2.68. The second-order valence-corrected chi connectivity index (χ2v) is 3.40. The van der Waals surface area contributed by atoms with E-state index in [1.54, 1.807) is 12.1 Å². The van der Waals surface area contributed by atoms with Crippen LogP contribution in [0.25, 0.3) is 11.0 Å². The Morgan fingerprint density at radius 1 is 1.31 bits per heavy atom. The molecule has 1 aliphatic heterocycles. The van der Waals surface area contributed by atoms with Crippen LogP contribution >= 0.6 is 0 Å². The van der Waals surface area contributed by atoms with Crippen LogP contribution in [0.15, 0.2) is 12.1 Å². The molecular formula is C10H8N2O4. The Balaban J connectivity index is 2.20. The second-order valence-electron chi connectivity index (χ2n) is 3.40. The number of nitrogens with zero attached hydrogens (tertiary/aromatic N) is 1. The molecule has 2 heterocycles. The lowest BCUT2D eigenvalue weighted by Crippen LogP contribution is -2.15. The third-order valence-corrected chi connectivity index (χ3v) is 2.35. The summed E-state index contributed by atoms with van der Waals surface area (Å²) in [4.78, 5) is 17.4. The van der Waals surface area contributed by atoms with Crippen LogP contribution in [0.3, 0.4) is 0 Å². The highest BCUT2D eigenvalue weighted by atomic mass is 16.6. The summed E-state index contributed by atoms with van der Waals surface area (Å²) in [6.07, 6.45) is 0. The summed E-state index contributed by atoms with van der Waals surface area (Å²) in [6, 6.07) is 3.37. The molecule has 0 saturated carbocycles. The van der Waals surface area contributed by atoms with Gasteiger partial charge in [0.2, 0.25) is 5.82 Å². The van der Waals surface area contributed by atoms with Crippen molar-refractivity contribution >= 4 is 17.0 Å². The number of benzene rings is 1. The summed E-state index contributed by atoms with van der Waals surface area (Å²) in [5.41, 5.74) is 1.18. The van der Waals surface area contributed by atoms with Crippen molar-refractivity contribution < 1.29 is 19.4 Å². The van der Waals surface area contributed by atoms with Gasteiger partial charge in [0.15, 0.2) is 11.5 Å². The maximum atomic E-state index is 10.7. The van der Waals surface area contributed by atoms with Crippen molar-refractivity contribution in [1.82, 2.24) is 9.97 Å². The molecule has 0 radical (unpaired) electrons. The molecule has 2 N–H and O–H groups in total. The molecule has 16 heavy (non-hydrogen) atoms. The number of hydrogen-bond acceptors (Lipinski definition) is 4. The minimum absolute atomic E-state index is 0.0858. The van der Waals surface area contributed by atoms with Crippen LogP contribution < -0.4 is 9.47 Å². The predicted molar refractivity (Wildman–Crippen MR) is 54.0 cm³/mol. The van der Waals surface area contributed by atoms with Crippen LogP contribution in [0, 0.1) is 0 Å². The van der Waals surface area contributed by atoms with Crippen LogP contribution in [-0.2, 0) is 0 Å². The van der Waals surface area contributed by atoms with E-state index in [1.165, 1.54) is 0 Å². The first kappa shape index (κ1) is 9.02. The monoisotopic (exact) mass is 220 g/mol. The van der Waals surface area contributed by atoms with Gasteiger partial charge >= 0.3 is 5.97 Å². The van der Waals surface area contributed by atoms with E-state index in [2.05, 4.69) is 9.97 Å². The molecular weight excluding hydrogens is 212 g/mol. The Hall–Kier alpha value is -2.24. The van der Waals surface area contributed by atoms with Gasteiger partial charge in [-0.2, -0.15) is 0 Å². The number of fused-ring (bicyclic) bond motifs is 2. The van der Waals surface area contributed by atoms with Crippen molar-refractivity contribution in [1.29, 1.82) is 0 Å². The number of aromatic nitrogens is 2. The van der Waals surface area contributed by atoms with Gasteiger partial charge in [0, 0.05) is 12.1 Å². The largest absolute Gasteiger partial charge is 0.486 e. The maximum absolute atomic E-state index is 10.7. The zero-order valence-corrected chi connectivity index (χ0v) is 8.19. The van der Waals surface area contributed by atoms with Crippen LogP contribution in [0.5, 0.6) is 11.5 Å². The molecule has 0 fully saturated rings. The molecule has 2 aromatic rings. The third kappa shape index (κ3) is 1.27. The molecule has 1 aliphatic rings. The van der Waals surface area contributed by atoms with Crippen molar-refractivity contribution in [2.24, 2.45) is 0 Å². The second kappa shape index (κ2) is 3.13. The van der Waals surface area contributed by atoms with Crippen molar-refractivity contribution in [3.8, 4) is 11.5 Å². The van der Waals surface area contributed by atoms with E-state index < -0.39 is 5.97 Å². The molecule has 6 heteroatoms. The number of rotatable bonds is 1. The highest BCUT2D eigenvalue weighted by Crippen LogP contribution is 2.33. The van der Waals surface area contributed by atoms with E-state index in [0.717, 1.165) is 0 Å². The Labute approximate surface area is 89.8 Å². The lowest BCUT2D eigenvalue weighted by molar-refractivity contribution is 0.0685. The highest BCUT2D eigenvalue weighted by molar-refractivity contribution is 5.90. The number of aromatic carboxylic acids is 1. The molecule has 0 saturated heterocycles. The Morgan fingerprint density at radius 3 is 2.69 bits per heavy atom. The first-order valence-electron chi connectivity index (χ1n) is 4.77. The first-order chi connectivity index (χ1) is 7.74. The minimum Gasteiger partial charge on any atom is -0.486 e. The number of H-pyrrole nitrogens is 1. The lowest BCUT2D eigenvalue weighted by Gasteiger charge is -2.17. The molecule has 0 bridgehead atoms. The zero-order chi connectivity index (χ0) is 11.1. The number of carboxylic acid groups (broad SMARTS) is 1. The minimum atomic E-state index is -1.09. The maximum Gasteiger partial charge on any atom is 0.371 e. The average molecular weight is 220 g/mol. The standard InChI is InChI=1S/C10H8N2O4/c13-10(14)9-11-5-3-7-8(4-6(5)12-9)16-2-1-15-7/h3-4H,1-2H2,(H,11,12)(H,13,14). The van der Waals surface area contributed by atoms with Crippen molar-refractivity contribution in [3.05, 3.63) is 18.0 Å². The SMILES string of the molecule is O=C(O)c1nc2cc3c(cc2[nH]1)OCCO3. The number of carboxylic acids is 1. The van der Waals surface area contributed by atoms with Gasteiger partial charge in [-0.25, -0.2) is 9.78 Å². The molecule has 82 valence electrons. The Kier molecular flexibility index (Phi) is 1.76. The van der Waals surface area contributed by atoms with E-state index in [4.69, 9.17) is 14.6 Å².